The zero-order valence-corrected chi connectivity index (χ0v) is 19.8. The van der Waals surface area contributed by atoms with Crippen molar-refractivity contribution >= 4 is 40.8 Å². The summed E-state index contributed by atoms with van der Waals surface area (Å²) in [6.07, 6.45) is 10.7. The van der Waals surface area contributed by atoms with Crippen molar-refractivity contribution in [1.29, 1.82) is 0 Å². The molecule has 0 aliphatic carbocycles. The molecule has 0 spiro atoms. The molecule has 1 aromatic heterocycles. The van der Waals surface area contributed by atoms with Crippen LogP contribution in [0.3, 0.4) is 0 Å². The van der Waals surface area contributed by atoms with Crippen LogP contribution in [0.5, 0.6) is 0 Å². The number of H-pyrrole nitrogens is 1. The Balaban J connectivity index is 0.00000300. The molecular formula is C22H35FIN5. The molecule has 3 rings (SSSR count). The van der Waals surface area contributed by atoms with Crippen molar-refractivity contribution in [1.82, 2.24) is 20.5 Å². The van der Waals surface area contributed by atoms with Crippen molar-refractivity contribution in [2.24, 2.45) is 4.99 Å². The highest BCUT2D eigenvalue weighted by atomic mass is 127. The van der Waals surface area contributed by atoms with E-state index in [9.17, 15) is 4.39 Å². The van der Waals surface area contributed by atoms with Gasteiger partial charge in [-0.25, -0.2) is 4.39 Å². The molecule has 29 heavy (non-hydrogen) atoms. The zero-order valence-electron chi connectivity index (χ0n) is 17.5. The Labute approximate surface area is 190 Å². The van der Waals surface area contributed by atoms with Crippen LogP contribution in [0.1, 0.15) is 44.1 Å². The second kappa shape index (κ2) is 13.1. The minimum absolute atomic E-state index is 0. The number of aliphatic imine (C=N–C) groups is 1. The number of aromatic amines is 1. The number of nitrogens with zero attached hydrogens (tertiary/aromatic N) is 2. The van der Waals surface area contributed by atoms with Gasteiger partial charge in [-0.2, -0.15) is 0 Å². The lowest BCUT2D eigenvalue weighted by Crippen LogP contribution is -2.38. The number of benzene rings is 1. The summed E-state index contributed by atoms with van der Waals surface area (Å²) in [5.41, 5.74) is 2.04. The van der Waals surface area contributed by atoms with Gasteiger partial charge in [0.25, 0.3) is 0 Å². The van der Waals surface area contributed by atoms with Gasteiger partial charge in [0.2, 0.25) is 0 Å². The van der Waals surface area contributed by atoms with Crippen LogP contribution in [0.4, 0.5) is 4.39 Å². The zero-order chi connectivity index (χ0) is 19.6. The van der Waals surface area contributed by atoms with Crippen LogP contribution in [0.2, 0.25) is 0 Å². The molecule has 5 nitrogen and oxygen atoms in total. The van der Waals surface area contributed by atoms with Crippen molar-refractivity contribution in [3.05, 3.63) is 35.8 Å². The van der Waals surface area contributed by atoms with Crippen molar-refractivity contribution in [2.45, 2.75) is 44.9 Å². The fraction of sp³-hybridized carbons (Fsp3) is 0.591. The van der Waals surface area contributed by atoms with E-state index in [-0.39, 0.29) is 29.8 Å². The molecule has 1 aliphatic heterocycles. The van der Waals surface area contributed by atoms with Gasteiger partial charge in [0.15, 0.2) is 5.96 Å². The van der Waals surface area contributed by atoms with E-state index in [4.69, 9.17) is 0 Å². The van der Waals surface area contributed by atoms with E-state index in [1.807, 2.05) is 12.3 Å². The Hall–Kier alpha value is -1.35. The third-order valence-electron chi connectivity index (χ3n) is 5.53. The van der Waals surface area contributed by atoms with Gasteiger partial charge in [0.1, 0.15) is 5.82 Å². The first-order valence-corrected chi connectivity index (χ1v) is 10.7. The van der Waals surface area contributed by atoms with Gasteiger partial charge in [-0.3, -0.25) is 4.99 Å². The Morgan fingerprint density at radius 3 is 2.69 bits per heavy atom. The number of piperidine rings is 1. The average Bonchev–Trinajstić information content (AvgIpc) is 3.12. The normalized spacial score (nSPS) is 15.3. The lowest BCUT2D eigenvalue weighted by Gasteiger charge is -2.26. The summed E-state index contributed by atoms with van der Waals surface area (Å²) in [6.45, 7) is 5.58. The third-order valence-corrected chi connectivity index (χ3v) is 5.53. The summed E-state index contributed by atoms with van der Waals surface area (Å²) >= 11 is 0. The number of aromatic nitrogens is 1. The topological polar surface area (TPSA) is 55.5 Å². The Kier molecular flexibility index (Phi) is 10.8. The molecule has 0 bridgehead atoms. The van der Waals surface area contributed by atoms with E-state index >= 15 is 0 Å². The predicted octanol–water partition coefficient (Wildman–Crippen LogP) is 4.29. The SMILES string of the molecule is CN=C(NCCCCCN1CCCCC1)NCCc1c[nH]c2cc(F)ccc12.I. The van der Waals surface area contributed by atoms with Crippen LogP contribution < -0.4 is 10.6 Å². The average molecular weight is 515 g/mol. The van der Waals surface area contributed by atoms with Crippen LogP contribution in [0.25, 0.3) is 10.9 Å². The lowest BCUT2D eigenvalue weighted by atomic mass is 10.1. The van der Waals surface area contributed by atoms with E-state index in [1.165, 1.54) is 75.9 Å². The fourth-order valence-corrected chi connectivity index (χ4v) is 3.93. The third kappa shape index (κ3) is 7.77. The highest BCUT2D eigenvalue weighted by molar-refractivity contribution is 14.0. The van der Waals surface area contributed by atoms with Crippen molar-refractivity contribution in [2.75, 3.05) is 39.8 Å². The molecule has 3 N–H and O–H groups in total. The smallest absolute Gasteiger partial charge is 0.190 e. The van der Waals surface area contributed by atoms with Gasteiger partial charge in [0.05, 0.1) is 0 Å². The maximum absolute atomic E-state index is 13.3. The number of fused-ring (bicyclic) bond motifs is 1. The first kappa shape index (κ1) is 23.9. The molecule has 0 radical (unpaired) electrons. The number of likely N-dealkylation sites (tertiary alicyclic amines) is 1. The molecule has 0 saturated carbocycles. The molecule has 2 heterocycles. The van der Waals surface area contributed by atoms with E-state index in [0.717, 1.165) is 36.4 Å². The van der Waals surface area contributed by atoms with Gasteiger partial charge >= 0.3 is 0 Å². The summed E-state index contributed by atoms with van der Waals surface area (Å²) in [7, 11) is 1.81. The number of rotatable bonds is 9. The van der Waals surface area contributed by atoms with E-state index in [2.05, 4.69) is 25.5 Å². The monoisotopic (exact) mass is 515 g/mol. The lowest BCUT2D eigenvalue weighted by molar-refractivity contribution is 0.224. The Morgan fingerprint density at radius 2 is 1.90 bits per heavy atom. The summed E-state index contributed by atoms with van der Waals surface area (Å²) in [5.74, 6) is 0.640. The predicted molar refractivity (Wildman–Crippen MR) is 131 cm³/mol. The quantitative estimate of drug-likeness (QED) is 0.202. The van der Waals surface area contributed by atoms with Crippen LogP contribution in [0.15, 0.2) is 29.4 Å². The van der Waals surface area contributed by atoms with Gasteiger partial charge < -0.3 is 20.5 Å². The second-order valence-corrected chi connectivity index (χ2v) is 7.64. The highest BCUT2D eigenvalue weighted by Gasteiger charge is 2.09. The molecule has 1 fully saturated rings. The van der Waals surface area contributed by atoms with Crippen LogP contribution >= 0.6 is 24.0 Å². The summed E-state index contributed by atoms with van der Waals surface area (Å²) in [6, 6.07) is 4.89. The van der Waals surface area contributed by atoms with Crippen molar-refractivity contribution in [3.8, 4) is 0 Å². The van der Waals surface area contributed by atoms with Crippen LogP contribution in [-0.2, 0) is 6.42 Å². The number of unbranched alkanes of at least 4 members (excludes halogenated alkanes) is 2. The summed E-state index contributed by atoms with van der Waals surface area (Å²) in [5, 5.41) is 7.85. The van der Waals surface area contributed by atoms with Gasteiger partial charge in [0, 0.05) is 37.2 Å². The van der Waals surface area contributed by atoms with Gasteiger partial charge in [-0.1, -0.05) is 12.8 Å². The highest BCUT2D eigenvalue weighted by Crippen LogP contribution is 2.19. The first-order valence-electron chi connectivity index (χ1n) is 10.7. The molecule has 1 aromatic carbocycles. The standard InChI is InChI=1S/C22H34FN5.HI/c1-24-22(25-11-4-2-5-13-28-14-6-3-7-15-28)26-12-10-18-17-27-21-16-19(23)8-9-20(18)21;/h8-9,16-17,27H,2-7,10-15H2,1H3,(H2,24,25,26);1H. The van der Waals surface area contributed by atoms with Crippen molar-refractivity contribution in [3.63, 3.8) is 0 Å². The molecule has 7 heteroatoms. The number of hydrogen-bond acceptors (Lipinski definition) is 2. The number of guanidine groups is 1. The van der Waals surface area contributed by atoms with Gasteiger partial charge in [-0.15, -0.1) is 24.0 Å². The molecule has 2 aromatic rings. The van der Waals surface area contributed by atoms with E-state index in [0.29, 0.717) is 0 Å². The number of halogens is 2. The molecule has 1 aliphatic rings. The number of hydrogen-bond donors (Lipinski definition) is 3. The summed E-state index contributed by atoms with van der Waals surface area (Å²) in [4.78, 5) is 10.0. The second-order valence-electron chi connectivity index (χ2n) is 7.64. The Bertz CT molecular complexity index is 755. The van der Waals surface area contributed by atoms with Gasteiger partial charge in [-0.05, 0) is 75.5 Å². The van der Waals surface area contributed by atoms with E-state index < -0.39 is 0 Å². The fourth-order valence-electron chi connectivity index (χ4n) is 3.93. The largest absolute Gasteiger partial charge is 0.361 e. The molecule has 0 unspecified atom stereocenters. The maximum Gasteiger partial charge on any atom is 0.190 e. The van der Waals surface area contributed by atoms with Crippen LogP contribution in [-0.4, -0.2) is 55.6 Å². The molecule has 0 amide bonds. The number of nitrogens with one attached hydrogen (secondary N) is 3. The van der Waals surface area contributed by atoms with Crippen molar-refractivity contribution < 1.29 is 4.39 Å². The minimum Gasteiger partial charge on any atom is -0.361 e. The maximum atomic E-state index is 13.3. The van der Waals surface area contributed by atoms with E-state index in [1.54, 1.807) is 7.05 Å². The molecule has 162 valence electrons. The van der Waals surface area contributed by atoms with Crippen LogP contribution in [0, 0.1) is 5.82 Å². The summed E-state index contributed by atoms with van der Waals surface area (Å²) < 4.78 is 13.3. The molecule has 1 saturated heterocycles. The first-order chi connectivity index (χ1) is 13.8. The minimum atomic E-state index is -0.209. The molecular weight excluding hydrogens is 480 g/mol. The molecule has 0 atom stereocenters. The Morgan fingerprint density at radius 1 is 1.10 bits per heavy atom.